The molecule has 1 aliphatic rings. The molecule has 1 aromatic heterocycles. The van der Waals surface area contributed by atoms with E-state index in [1.165, 1.54) is 17.8 Å². The van der Waals surface area contributed by atoms with E-state index >= 15 is 0 Å². The van der Waals surface area contributed by atoms with E-state index in [-0.39, 0.29) is 12.4 Å². The van der Waals surface area contributed by atoms with Crippen LogP contribution in [0.4, 0.5) is 5.82 Å². The number of aliphatic hydroxyl groups is 1. The van der Waals surface area contributed by atoms with Crippen LogP contribution in [-0.4, -0.2) is 44.5 Å². The molecule has 2 heterocycles. The van der Waals surface area contributed by atoms with Gasteiger partial charge in [0, 0.05) is 10.8 Å². The monoisotopic (exact) mass is 424 g/mol. The maximum absolute atomic E-state index is 12.1. The predicted octanol–water partition coefficient (Wildman–Crippen LogP) is 1.15. The van der Waals surface area contributed by atoms with E-state index in [1.807, 2.05) is 24.3 Å². The second-order valence-electron chi connectivity index (χ2n) is 6.61. The molecule has 1 unspecified atom stereocenters. The number of hydrogen-bond donors (Lipinski definition) is 3. The minimum Gasteiger partial charge on any atom is -0.491 e. The third-order valence-electron chi connectivity index (χ3n) is 4.52. The number of hydrogen-bond acceptors (Lipinski definition) is 8. The van der Waals surface area contributed by atoms with Crippen molar-refractivity contribution < 1.29 is 28.6 Å². The normalized spacial score (nSPS) is 24.4. The molecule has 1 fully saturated rings. The largest absolute Gasteiger partial charge is 0.695 e. The van der Waals surface area contributed by atoms with Crippen molar-refractivity contribution in [1.29, 1.82) is 0 Å². The molecule has 1 saturated heterocycles. The van der Waals surface area contributed by atoms with Crippen LogP contribution in [-0.2, 0) is 20.2 Å². The summed E-state index contributed by atoms with van der Waals surface area (Å²) in [5, 5.41) is 10.5. The van der Waals surface area contributed by atoms with Gasteiger partial charge < -0.3 is 20.3 Å². The summed E-state index contributed by atoms with van der Waals surface area (Å²) in [6.07, 6.45) is -1.33. The van der Waals surface area contributed by atoms with Crippen LogP contribution in [0.1, 0.15) is 25.1 Å². The molecular weight excluding hydrogens is 401 g/mol. The summed E-state index contributed by atoms with van der Waals surface area (Å²) in [6, 6.07) is 8.89. The number of benzene rings is 1. The van der Waals surface area contributed by atoms with E-state index in [0.717, 1.165) is 17.4 Å². The summed E-state index contributed by atoms with van der Waals surface area (Å²) in [6.45, 7) is 2.03. The van der Waals surface area contributed by atoms with E-state index in [1.54, 1.807) is 0 Å². The van der Waals surface area contributed by atoms with Crippen molar-refractivity contribution in [2.75, 3.05) is 12.3 Å². The molecule has 1 aliphatic heterocycles. The fourth-order valence-corrected chi connectivity index (χ4v) is 3.63. The third-order valence-corrected chi connectivity index (χ3v) is 4.95. The van der Waals surface area contributed by atoms with Crippen LogP contribution < -0.4 is 16.2 Å². The molecule has 0 saturated carbocycles. The Bertz CT molecular complexity index is 905. The average molecular weight is 424 g/mol. The maximum Gasteiger partial charge on any atom is 0.695 e. The summed E-state index contributed by atoms with van der Waals surface area (Å²) in [4.78, 5) is 24.8. The Kier molecular flexibility index (Phi) is 6.94. The van der Waals surface area contributed by atoms with Gasteiger partial charge in [-0.15, -0.1) is 9.42 Å². The molecule has 29 heavy (non-hydrogen) atoms. The van der Waals surface area contributed by atoms with Gasteiger partial charge in [-0.3, -0.25) is 4.57 Å². The zero-order chi connectivity index (χ0) is 21.0. The summed E-state index contributed by atoms with van der Waals surface area (Å²) < 4.78 is 28.6. The van der Waals surface area contributed by atoms with Crippen LogP contribution in [0.5, 0.6) is 5.75 Å². The molecule has 4 N–H and O–H groups in total. The third kappa shape index (κ3) is 5.17. The Balaban J connectivity index is 1.74. The van der Waals surface area contributed by atoms with E-state index in [4.69, 9.17) is 24.6 Å². The van der Waals surface area contributed by atoms with Crippen LogP contribution >= 0.6 is 8.25 Å². The molecule has 11 heteroatoms. The minimum atomic E-state index is -3.01. The fourth-order valence-electron chi connectivity index (χ4n) is 3.16. The molecule has 5 atom stereocenters. The lowest BCUT2D eigenvalue weighted by molar-refractivity contribution is -0.0511. The van der Waals surface area contributed by atoms with Gasteiger partial charge in [-0.2, -0.15) is 4.98 Å². The van der Waals surface area contributed by atoms with Gasteiger partial charge in [0.05, 0.1) is 0 Å². The lowest BCUT2D eigenvalue weighted by Crippen LogP contribution is -2.37. The van der Waals surface area contributed by atoms with Gasteiger partial charge in [-0.25, -0.2) is 4.79 Å². The first-order chi connectivity index (χ1) is 13.9. The number of anilines is 1. The van der Waals surface area contributed by atoms with Crippen molar-refractivity contribution in [2.45, 2.75) is 44.3 Å². The van der Waals surface area contributed by atoms with E-state index in [0.29, 0.717) is 5.75 Å². The smallest absolute Gasteiger partial charge is 0.491 e. The highest BCUT2D eigenvalue weighted by Crippen LogP contribution is 2.35. The SMILES string of the molecule is CCCc1ccc(OC[C@H]2O[C@@H](n3ccc(N)nc3=O)[C@H](O)[C@@H]2O[P+](=O)O)cc1. The fraction of sp³-hybridized carbons (Fsp3) is 0.444. The van der Waals surface area contributed by atoms with Crippen LogP contribution in [0.2, 0.25) is 0 Å². The zero-order valence-electron chi connectivity index (χ0n) is 15.7. The van der Waals surface area contributed by atoms with Gasteiger partial charge in [-0.1, -0.05) is 25.5 Å². The number of aromatic nitrogens is 2. The summed E-state index contributed by atoms with van der Waals surface area (Å²) in [5.41, 5.74) is 5.93. The van der Waals surface area contributed by atoms with Gasteiger partial charge in [-0.05, 0) is 30.2 Å². The molecule has 0 bridgehead atoms. The summed E-state index contributed by atoms with van der Waals surface area (Å²) in [7, 11) is -3.01. The highest BCUT2D eigenvalue weighted by molar-refractivity contribution is 7.32. The van der Waals surface area contributed by atoms with E-state index in [9.17, 15) is 14.5 Å². The molecule has 0 radical (unpaired) electrons. The Morgan fingerprint density at radius 1 is 1.31 bits per heavy atom. The second-order valence-corrected chi connectivity index (χ2v) is 7.30. The second kappa shape index (κ2) is 9.43. The molecular formula is C18H23N3O7P+. The van der Waals surface area contributed by atoms with Crippen LogP contribution in [0.15, 0.2) is 41.3 Å². The molecule has 10 nitrogen and oxygen atoms in total. The number of nitrogens with two attached hydrogens (primary N) is 1. The van der Waals surface area contributed by atoms with Gasteiger partial charge in [0.1, 0.15) is 30.4 Å². The molecule has 0 spiro atoms. The maximum atomic E-state index is 12.1. The number of aliphatic hydroxyl groups excluding tert-OH is 1. The van der Waals surface area contributed by atoms with Crippen molar-refractivity contribution in [3.8, 4) is 5.75 Å². The zero-order valence-corrected chi connectivity index (χ0v) is 16.6. The van der Waals surface area contributed by atoms with Crippen LogP contribution in [0.25, 0.3) is 0 Å². The summed E-state index contributed by atoms with van der Waals surface area (Å²) in [5.74, 6) is 0.598. The Morgan fingerprint density at radius 2 is 2.03 bits per heavy atom. The highest BCUT2D eigenvalue weighted by Gasteiger charge is 2.50. The van der Waals surface area contributed by atoms with Crippen molar-refractivity contribution in [2.24, 2.45) is 0 Å². The summed E-state index contributed by atoms with van der Waals surface area (Å²) >= 11 is 0. The Hall–Kier alpha value is -2.36. The highest BCUT2D eigenvalue weighted by atomic mass is 31.1. The lowest BCUT2D eigenvalue weighted by Gasteiger charge is -2.17. The molecule has 1 aromatic carbocycles. The van der Waals surface area contributed by atoms with Crippen LogP contribution in [0.3, 0.4) is 0 Å². The first kappa shape index (κ1) is 21.4. The Morgan fingerprint density at radius 3 is 2.66 bits per heavy atom. The number of nitrogens with zero attached hydrogens (tertiary/aromatic N) is 2. The van der Waals surface area contributed by atoms with Crippen molar-refractivity contribution in [3.63, 3.8) is 0 Å². The lowest BCUT2D eigenvalue weighted by atomic mass is 10.1. The quantitative estimate of drug-likeness (QED) is 0.531. The van der Waals surface area contributed by atoms with E-state index in [2.05, 4.69) is 11.9 Å². The standard InChI is InChI=1S/C18H22N3O7P/c1-2-3-11-4-6-12(7-5-11)26-10-13-16(28-29(24)25)15(22)17(27-13)21-9-8-14(19)20-18(21)23/h4-9,13,15-17,22H,2-3,10H2,1H3,(H2-,19,20,23,24,25)/p+1/t13-,15-,16-,17-/m1/s1. The molecule has 3 rings (SSSR count). The number of rotatable bonds is 8. The van der Waals surface area contributed by atoms with Crippen LogP contribution in [0, 0.1) is 0 Å². The molecule has 2 aromatic rings. The molecule has 156 valence electrons. The van der Waals surface area contributed by atoms with Gasteiger partial charge in [0.15, 0.2) is 12.3 Å². The predicted molar refractivity (Wildman–Crippen MR) is 103 cm³/mol. The van der Waals surface area contributed by atoms with Crippen molar-refractivity contribution in [1.82, 2.24) is 9.55 Å². The van der Waals surface area contributed by atoms with Gasteiger partial charge in [0.25, 0.3) is 0 Å². The van der Waals surface area contributed by atoms with E-state index < -0.39 is 38.5 Å². The first-order valence-electron chi connectivity index (χ1n) is 9.12. The Labute approximate surface area is 167 Å². The topological polar surface area (TPSA) is 146 Å². The first-order valence-corrected chi connectivity index (χ1v) is 10.2. The average Bonchev–Trinajstić information content (AvgIpc) is 2.97. The van der Waals surface area contributed by atoms with Gasteiger partial charge >= 0.3 is 13.9 Å². The van der Waals surface area contributed by atoms with Gasteiger partial charge in [0.2, 0.25) is 0 Å². The molecule has 0 aliphatic carbocycles. The number of ether oxygens (including phenoxy) is 2. The number of aryl methyl sites for hydroxylation is 1. The minimum absolute atomic E-state index is 0.0244. The van der Waals surface area contributed by atoms with Crippen molar-refractivity contribution >= 4 is 14.1 Å². The molecule has 0 amide bonds. The van der Waals surface area contributed by atoms with Crippen molar-refractivity contribution in [3.05, 3.63) is 52.6 Å². The number of nitrogen functional groups attached to an aromatic ring is 1.